The number of aliphatic hydroxyl groups is 1. The number of rotatable bonds is 5. The smallest absolute Gasteiger partial charge is 0.0779 e. The van der Waals surface area contributed by atoms with Gasteiger partial charge in [0.1, 0.15) is 0 Å². The summed E-state index contributed by atoms with van der Waals surface area (Å²) in [6, 6.07) is 0. The molecule has 0 radical (unpaired) electrons. The van der Waals surface area contributed by atoms with Gasteiger partial charge in [0.15, 0.2) is 0 Å². The lowest BCUT2D eigenvalue weighted by Crippen LogP contribution is -2.34. The van der Waals surface area contributed by atoms with E-state index in [0.29, 0.717) is 18.9 Å². The van der Waals surface area contributed by atoms with Crippen molar-refractivity contribution in [3.05, 3.63) is 0 Å². The fourth-order valence-corrected chi connectivity index (χ4v) is 3.27. The molecule has 4 unspecified atom stereocenters. The van der Waals surface area contributed by atoms with Crippen LogP contribution in [0, 0.1) is 0 Å². The van der Waals surface area contributed by atoms with E-state index in [9.17, 15) is 9.32 Å². The predicted octanol–water partition coefficient (Wildman–Crippen LogP) is -0.507. The third-order valence-electron chi connectivity index (χ3n) is 2.44. The van der Waals surface area contributed by atoms with E-state index in [2.05, 4.69) is 5.32 Å². The average molecular weight is 221 g/mol. The molecule has 14 heavy (non-hydrogen) atoms. The molecule has 4 nitrogen and oxygen atoms in total. The molecular formula is C9H19NO3S. The first kappa shape index (κ1) is 12.1. The van der Waals surface area contributed by atoms with Crippen molar-refractivity contribution < 1.29 is 14.1 Å². The molecule has 0 aromatic heterocycles. The van der Waals surface area contributed by atoms with Crippen molar-refractivity contribution in [2.75, 3.05) is 26.0 Å². The van der Waals surface area contributed by atoms with Crippen LogP contribution in [0.1, 0.15) is 13.3 Å². The van der Waals surface area contributed by atoms with Crippen molar-refractivity contribution >= 4 is 10.8 Å². The van der Waals surface area contributed by atoms with Gasteiger partial charge in [0.2, 0.25) is 0 Å². The Labute approximate surface area is 87.5 Å². The lowest BCUT2D eigenvalue weighted by atomic mass is 10.3. The molecule has 0 spiro atoms. The Morgan fingerprint density at radius 1 is 1.71 bits per heavy atom. The fourth-order valence-electron chi connectivity index (χ4n) is 1.67. The SMILES string of the molecule is CNCC(O)CS(=O)C1CCOC1C. The molecule has 5 heteroatoms. The summed E-state index contributed by atoms with van der Waals surface area (Å²) in [4.78, 5) is 0. The minimum absolute atomic E-state index is 0.0672. The number of aliphatic hydroxyl groups excluding tert-OH is 1. The summed E-state index contributed by atoms with van der Waals surface area (Å²) < 4.78 is 17.1. The van der Waals surface area contributed by atoms with Gasteiger partial charge in [0.05, 0.1) is 23.2 Å². The first-order valence-electron chi connectivity index (χ1n) is 4.96. The van der Waals surface area contributed by atoms with Crippen LogP contribution in [0.4, 0.5) is 0 Å². The van der Waals surface area contributed by atoms with Crippen LogP contribution in [0.25, 0.3) is 0 Å². The molecule has 2 N–H and O–H groups in total. The van der Waals surface area contributed by atoms with Crippen molar-refractivity contribution in [1.29, 1.82) is 0 Å². The summed E-state index contributed by atoms with van der Waals surface area (Å²) in [7, 11) is 0.799. The standard InChI is InChI=1S/C9H19NO3S/c1-7-9(3-4-13-7)14(12)6-8(11)5-10-2/h7-11H,3-6H2,1-2H3. The fraction of sp³-hybridized carbons (Fsp3) is 1.00. The van der Waals surface area contributed by atoms with Gasteiger partial charge in [-0.15, -0.1) is 0 Å². The molecule has 1 saturated heterocycles. The predicted molar refractivity (Wildman–Crippen MR) is 56.8 cm³/mol. The summed E-state index contributed by atoms with van der Waals surface area (Å²) >= 11 is 0. The first-order chi connectivity index (χ1) is 6.65. The van der Waals surface area contributed by atoms with E-state index < -0.39 is 16.9 Å². The van der Waals surface area contributed by atoms with Gasteiger partial charge in [0.25, 0.3) is 0 Å². The maximum Gasteiger partial charge on any atom is 0.0779 e. The van der Waals surface area contributed by atoms with E-state index in [1.54, 1.807) is 7.05 Å². The number of hydrogen-bond donors (Lipinski definition) is 2. The first-order valence-corrected chi connectivity index (χ1v) is 6.34. The van der Waals surface area contributed by atoms with E-state index in [0.717, 1.165) is 6.42 Å². The van der Waals surface area contributed by atoms with Gasteiger partial charge < -0.3 is 15.2 Å². The molecule has 84 valence electrons. The Morgan fingerprint density at radius 3 is 2.93 bits per heavy atom. The minimum atomic E-state index is -0.972. The van der Waals surface area contributed by atoms with E-state index in [-0.39, 0.29) is 11.4 Å². The van der Waals surface area contributed by atoms with Crippen molar-refractivity contribution in [3.8, 4) is 0 Å². The molecule has 0 aromatic rings. The Hall–Kier alpha value is 0.0300. The molecule has 1 aliphatic heterocycles. The Bertz CT molecular complexity index is 200. The Balaban J connectivity index is 2.33. The topological polar surface area (TPSA) is 58.6 Å². The molecule has 0 aliphatic carbocycles. The molecule has 0 saturated carbocycles. The van der Waals surface area contributed by atoms with Gasteiger partial charge in [-0.05, 0) is 20.4 Å². The van der Waals surface area contributed by atoms with Crippen molar-refractivity contribution in [2.45, 2.75) is 30.8 Å². The zero-order valence-corrected chi connectivity index (χ0v) is 9.55. The second kappa shape index (κ2) is 5.80. The molecule has 4 atom stereocenters. The molecular weight excluding hydrogens is 202 g/mol. The molecule has 1 heterocycles. The van der Waals surface area contributed by atoms with E-state index in [4.69, 9.17) is 4.74 Å². The summed E-state index contributed by atoms with van der Waals surface area (Å²) in [6.07, 6.45) is 0.395. The van der Waals surface area contributed by atoms with Crippen LogP contribution >= 0.6 is 0 Å². The van der Waals surface area contributed by atoms with Crippen LogP contribution in [0.5, 0.6) is 0 Å². The summed E-state index contributed by atoms with van der Waals surface area (Å²) in [5.74, 6) is 0.346. The number of hydrogen-bond acceptors (Lipinski definition) is 4. The van der Waals surface area contributed by atoms with Crippen molar-refractivity contribution in [3.63, 3.8) is 0 Å². The highest BCUT2D eigenvalue weighted by Gasteiger charge is 2.30. The van der Waals surface area contributed by atoms with Crippen molar-refractivity contribution in [2.24, 2.45) is 0 Å². The van der Waals surface area contributed by atoms with Gasteiger partial charge in [-0.1, -0.05) is 0 Å². The van der Waals surface area contributed by atoms with E-state index in [1.807, 2.05) is 6.92 Å². The second-order valence-corrected chi connectivity index (χ2v) is 5.36. The zero-order valence-electron chi connectivity index (χ0n) is 8.73. The number of ether oxygens (including phenoxy) is 1. The highest BCUT2D eigenvalue weighted by molar-refractivity contribution is 7.85. The third-order valence-corrected chi connectivity index (χ3v) is 4.45. The number of likely N-dealkylation sites (N-methyl/N-ethyl adjacent to an activating group) is 1. The Morgan fingerprint density at radius 2 is 2.43 bits per heavy atom. The Kier molecular flexibility index (Phi) is 5.01. The summed E-state index contributed by atoms with van der Waals surface area (Å²) in [5.41, 5.74) is 0. The average Bonchev–Trinajstić information content (AvgIpc) is 2.51. The highest BCUT2D eigenvalue weighted by atomic mass is 32.2. The van der Waals surface area contributed by atoms with E-state index in [1.165, 1.54) is 0 Å². The van der Waals surface area contributed by atoms with Gasteiger partial charge in [0, 0.05) is 24.0 Å². The molecule has 0 aromatic carbocycles. The quantitative estimate of drug-likeness (QED) is 0.657. The van der Waals surface area contributed by atoms with Gasteiger partial charge >= 0.3 is 0 Å². The van der Waals surface area contributed by atoms with E-state index >= 15 is 0 Å². The maximum atomic E-state index is 11.8. The van der Waals surface area contributed by atoms with Gasteiger partial charge in [-0.2, -0.15) is 0 Å². The molecule has 1 fully saturated rings. The lowest BCUT2D eigenvalue weighted by Gasteiger charge is -2.16. The highest BCUT2D eigenvalue weighted by Crippen LogP contribution is 2.19. The normalized spacial score (nSPS) is 31.6. The van der Waals surface area contributed by atoms with Crippen LogP contribution < -0.4 is 5.32 Å². The largest absolute Gasteiger partial charge is 0.391 e. The van der Waals surface area contributed by atoms with Crippen LogP contribution in [-0.2, 0) is 15.5 Å². The van der Waals surface area contributed by atoms with Crippen LogP contribution in [0.2, 0.25) is 0 Å². The van der Waals surface area contributed by atoms with Crippen LogP contribution in [0.3, 0.4) is 0 Å². The lowest BCUT2D eigenvalue weighted by molar-refractivity contribution is 0.126. The zero-order chi connectivity index (χ0) is 10.6. The van der Waals surface area contributed by atoms with Gasteiger partial charge in [-0.25, -0.2) is 0 Å². The molecule has 0 bridgehead atoms. The maximum absolute atomic E-state index is 11.8. The third kappa shape index (κ3) is 3.31. The second-order valence-electron chi connectivity index (χ2n) is 3.66. The monoisotopic (exact) mass is 221 g/mol. The van der Waals surface area contributed by atoms with Crippen LogP contribution in [0.15, 0.2) is 0 Å². The van der Waals surface area contributed by atoms with Crippen LogP contribution in [-0.4, -0.2) is 52.7 Å². The summed E-state index contributed by atoms with van der Waals surface area (Å²) in [5, 5.41) is 12.4. The number of nitrogens with one attached hydrogen (secondary N) is 1. The summed E-state index contributed by atoms with van der Waals surface area (Å²) in [6.45, 7) is 3.13. The molecule has 1 aliphatic rings. The molecule has 0 amide bonds. The molecule has 1 rings (SSSR count). The minimum Gasteiger partial charge on any atom is -0.391 e. The van der Waals surface area contributed by atoms with Crippen molar-refractivity contribution in [1.82, 2.24) is 5.32 Å². The van der Waals surface area contributed by atoms with Gasteiger partial charge in [-0.3, -0.25) is 4.21 Å².